The smallest absolute Gasteiger partial charge is 0.340 e. The fourth-order valence-corrected chi connectivity index (χ4v) is 4.63. The lowest BCUT2D eigenvalue weighted by Gasteiger charge is -2.30. The highest BCUT2D eigenvalue weighted by atomic mass is 32.2. The van der Waals surface area contributed by atoms with Crippen molar-refractivity contribution in [3.05, 3.63) is 66.1 Å². The molecular formula is C21H21FN2O5S. The molecule has 0 spiro atoms. The number of aromatic nitrogens is 1. The molecule has 0 radical (unpaired) electrons. The number of carbonyl (C=O) groups is 2. The summed E-state index contributed by atoms with van der Waals surface area (Å²) in [5, 5.41) is 0.514. The molecule has 0 aliphatic carbocycles. The second-order valence-corrected chi connectivity index (χ2v) is 8.58. The lowest BCUT2D eigenvalue weighted by atomic mass is 10.1. The summed E-state index contributed by atoms with van der Waals surface area (Å²) in [6.07, 6.45) is 2.50. The maximum atomic E-state index is 13.5. The van der Waals surface area contributed by atoms with Gasteiger partial charge in [0.25, 0.3) is 5.91 Å². The summed E-state index contributed by atoms with van der Waals surface area (Å²) in [4.78, 5) is 25.6. The van der Waals surface area contributed by atoms with Crippen LogP contribution in [0.3, 0.4) is 0 Å². The van der Waals surface area contributed by atoms with Gasteiger partial charge in [0.2, 0.25) is 10.0 Å². The molecule has 3 aromatic rings. The largest absolute Gasteiger partial charge is 0.465 e. The lowest BCUT2D eigenvalue weighted by Crippen LogP contribution is -2.46. The highest BCUT2D eigenvalue weighted by molar-refractivity contribution is 7.92. The molecule has 0 saturated heterocycles. The number of para-hydroxylation sites is 1. The summed E-state index contributed by atoms with van der Waals surface area (Å²) in [6, 6.07) is 10.5. The molecule has 0 amide bonds. The van der Waals surface area contributed by atoms with E-state index in [9.17, 15) is 22.4 Å². The number of carbonyl (C=O) groups excluding carboxylic acids is 2. The maximum Gasteiger partial charge on any atom is 0.340 e. The maximum absolute atomic E-state index is 13.5. The van der Waals surface area contributed by atoms with E-state index in [0.29, 0.717) is 10.9 Å². The molecule has 2 aromatic carbocycles. The highest BCUT2D eigenvalue weighted by Gasteiger charge is 2.33. The Balaban J connectivity index is 2.16. The van der Waals surface area contributed by atoms with Gasteiger partial charge in [0.05, 0.1) is 30.1 Å². The van der Waals surface area contributed by atoms with Gasteiger partial charge < -0.3 is 4.74 Å². The summed E-state index contributed by atoms with van der Waals surface area (Å²) in [5.41, 5.74) is 0.821. The second kappa shape index (κ2) is 8.27. The number of rotatable bonds is 6. The predicted octanol–water partition coefficient (Wildman–Crippen LogP) is 3.45. The zero-order valence-electron chi connectivity index (χ0n) is 16.7. The average molecular weight is 432 g/mol. The number of anilines is 1. The van der Waals surface area contributed by atoms with Crippen molar-refractivity contribution in [1.29, 1.82) is 0 Å². The summed E-state index contributed by atoms with van der Waals surface area (Å²) in [7, 11) is -2.64. The van der Waals surface area contributed by atoms with Crippen molar-refractivity contribution in [2.24, 2.45) is 0 Å². The number of ether oxygens (including phenoxy) is 1. The van der Waals surface area contributed by atoms with E-state index in [1.807, 2.05) is 0 Å². The molecule has 9 heteroatoms. The summed E-state index contributed by atoms with van der Waals surface area (Å²) in [5.74, 6) is -1.67. The minimum Gasteiger partial charge on any atom is -0.465 e. The number of esters is 1. The Labute approximate surface area is 173 Å². The number of sulfonamides is 1. The van der Waals surface area contributed by atoms with Crippen LogP contribution in [0.2, 0.25) is 0 Å². The van der Waals surface area contributed by atoms with Crippen molar-refractivity contribution >= 4 is 38.5 Å². The fraction of sp³-hybridized carbons (Fsp3) is 0.238. The van der Waals surface area contributed by atoms with Gasteiger partial charge in [-0.2, -0.15) is 0 Å². The van der Waals surface area contributed by atoms with E-state index in [-0.39, 0.29) is 17.7 Å². The molecule has 3 rings (SSSR count). The quantitative estimate of drug-likeness (QED) is 0.557. The minimum absolute atomic E-state index is 0.156. The number of methoxy groups -OCH3 is 1. The van der Waals surface area contributed by atoms with E-state index >= 15 is 0 Å². The third-order valence-electron chi connectivity index (χ3n) is 4.75. The molecule has 0 aliphatic heterocycles. The minimum atomic E-state index is -3.88. The SMILES string of the molecule is CC[C@H](C(=O)n1cc(C(=O)OC)c2ccccc21)N(c1ccc(F)cc1)S(C)(=O)=O. The zero-order chi connectivity index (χ0) is 22.1. The Kier molecular flexibility index (Phi) is 5.93. The van der Waals surface area contributed by atoms with Gasteiger partial charge in [0.15, 0.2) is 0 Å². The van der Waals surface area contributed by atoms with Crippen molar-refractivity contribution in [1.82, 2.24) is 4.57 Å². The molecule has 0 aliphatic rings. The highest BCUT2D eigenvalue weighted by Crippen LogP contribution is 2.27. The number of benzene rings is 2. The van der Waals surface area contributed by atoms with Gasteiger partial charge >= 0.3 is 5.97 Å². The molecule has 0 unspecified atom stereocenters. The number of hydrogen-bond donors (Lipinski definition) is 0. The van der Waals surface area contributed by atoms with Crippen LogP contribution in [0.5, 0.6) is 0 Å². The number of halogens is 1. The first-order valence-corrected chi connectivity index (χ1v) is 11.0. The second-order valence-electron chi connectivity index (χ2n) is 6.72. The van der Waals surface area contributed by atoms with Crippen molar-refractivity contribution < 1.29 is 27.1 Å². The van der Waals surface area contributed by atoms with Gasteiger partial charge in [-0.15, -0.1) is 0 Å². The standard InChI is InChI=1S/C21H21FN2O5S/c1-4-18(24(30(3,27)28)15-11-9-14(22)10-12-15)20(25)23-13-17(21(26)29-2)16-7-5-6-8-19(16)23/h5-13,18H,4H2,1-3H3/t18-/m1/s1. The van der Waals surface area contributed by atoms with Crippen LogP contribution in [0.15, 0.2) is 54.7 Å². The van der Waals surface area contributed by atoms with Crippen molar-refractivity contribution in [3.63, 3.8) is 0 Å². The summed E-state index contributed by atoms with van der Waals surface area (Å²) >= 11 is 0. The first kappa shape index (κ1) is 21.5. The van der Waals surface area contributed by atoms with Crippen LogP contribution in [-0.4, -0.2) is 44.3 Å². The van der Waals surface area contributed by atoms with Crippen LogP contribution in [-0.2, 0) is 14.8 Å². The Morgan fingerprint density at radius 1 is 1.13 bits per heavy atom. The molecule has 30 heavy (non-hydrogen) atoms. The molecule has 0 saturated carbocycles. The molecule has 0 N–H and O–H groups in total. The topological polar surface area (TPSA) is 85.7 Å². The first-order chi connectivity index (χ1) is 14.2. The van der Waals surface area contributed by atoms with E-state index in [0.717, 1.165) is 22.7 Å². The van der Waals surface area contributed by atoms with Crippen molar-refractivity contribution in [2.75, 3.05) is 17.7 Å². The van der Waals surface area contributed by atoms with Crippen LogP contribution in [0.1, 0.15) is 28.5 Å². The van der Waals surface area contributed by atoms with E-state index < -0.39 is 33.8 Å². The third kappa shape index (κ3) is 3.93. The fourth-order valence-electron chi connectivity index (χ4n) is 3.43. The number of nitrogens with zero attached hydrogens (tertiary/aromatic N) is 2. The summed E-state index contributed by atoms with van der Waals surface area (Å²) < 4.78 is 45.5. The van der Waals surface area contributed by atoms with Gasteiger partial charge in [-0.1, -0.05) is 25.1 Å². The van der Waals surface area contributed by atoms with Gasteiger partial charge in [0.1, 0.15) is 11.9 Å². The van der Waals surface area contributed by atoms with Crippen LogP contribution in [0, 0.1) is 5.82 Å². The lowest BCUT2D eigenvalue weighted by molar-refractivity contribution is 0.0603. The average Bonchev–Trinajstić information content (AvgIpc) is 3.10. The van der Waals surface area contributed by atoms with Crippen molar-refractivity contribution in [2.45, 2.75) is 19.4 Å². The van der Waals surface area contributed by atoms with E-state index in [1.54, 1.807) is 31.2 Å². The molecule has 1 heterocycles. The molecule has 1 aromatic heterocycles. The molecule has 7 nitrogen and oxygen atoms in total. The van der Waals surface area contributed by atoms with Gasteiger partial charge in [-0.05, 0) is 36.8 Å². The normalized spacial score (nSPS) is 12.5. The third-order valence-corrected chi connectivity index (χ3v) is 5.93. The Hall–Kier alpha value is -3.20. The molecule has 0 bridgehead atoms. The zero-order valence-corrected chi connectivity index (χ0v) is 17.5. The summed E-state index contributed by atoms with van der Waals surface area (Å²) in [6.45, 7) is 1.68. The van der Waals surface area contributed by atoms with Crippen LogP contribution < -0.4 is 4.31 Å². The Morgan fingerprint density at radius 2 is 1.77 bits per heavy atom. The number of hydrogen-bond acceptors (Lipinski definition) is 5. The number of fused-ring (bicyclic) bond motifs is 1. The van der Waals surface area contributed by atoms with Crippen LogP contribution in [0.4, 0.5) is 10.1 Å². The van der Waals surface area contributed by atoms with Gasteiger partial charge in [-0.3, -0.25) is 13.7 Å². The Bertz CT molecular complexity index is 1200. The van der Waals surface area contributed by atoms with E-state index in [4.69, 9.17) is 4.74 Å². The van der Waals surface area contributed by atoms with E-state index in [2.05, 4.69) is 0 Å². The molecule has 1 atom stereocenters. The van der Waals surface area contributed by atoms with E-state index in [1.165, 1.54) is 30.0 Å². The van der Waals surface area contributed by atoms with Gasteiger partial charge in [0, 0.05) is 11.6 Å². The monoisotopic (exact) mass is 432 g/mol. The first-order valence-electron chi connectivity index (χ1n) is 9.16. The molecule has 158 valence electrons. The molecule has 0 fully saturated rings. The molecular weight excluding hydrogens is 411 g/mol. The predicted molar refractivity (Wildman–Crippen MR) is 112 cm³/mol. The van der Waals surface area contributed by atoms with Crippen LogP contribution >= 0.6 is 0 Å². The van der Waals surface area contributed by atoms with Crippen molar-refractivity contribution in [3.8, 4) is 0 Å². The van der Waals surface area contributed by atoms with Gasteiger partial charge in [-0.25, -0.2) is 17.6 Å². The Morgan fingerprint density at radius 3 is 2.33 bits per heavy atom. The van der Waals surface area contributed by atoms with Crippen LogP contribution in [0.25, 0.3) is 10.9 Å².